The Labute approximate surface area is 116 Å². The van der Waals surface area contributed by atoms with E-state index in [0.717, 1.165) is 0 Å². The standard InChI is InChI=1S/C15H16FNO3/c1-10(18)13-8-11(16)6-7-14(13)20-9-12-4-3-5-15(17-12)19-2/h3-8,10,18H,9H2,1-2H3/t10-/m0/s1. The first-order chi connectivity index (χ1) is 9.60. The zero-order valence-corrected chi connectivity index (χ0v) is 11.3. The number of hydrogen-bond acceptors (Lipinski definition) is 4. The lowest BCUT2D eigenvalue weighted by atomic mass is 10.1. The van der Waals surface area contributed by atoms with Crippen molar-refractivity contribution in [2.24, 2.45) is 0 Å². The third kappa shape index (κ3) is 3.45. The van der Waals surface area contributed by atoms with Crippen LogP contribution in [0, 0.1) is 5.82 Å². The molecule has 20 heavy (non-hydrogen) atoms. The largest absolute Gasteiger partial charge is 0.487 e. The summed E-state index contributed by atoms with van der Waals surface area (Å²) < 4.78 is 23.8. The lowest BCUT2D eigenvalue weighted by Crippen LogP contribution is -2.03. The molecule has 0 fully saturated rings. The summed E-state index contributed by atoms with van der Waals surface area (Å²) in [5.41, 5.74) is 1.10. The Balaban J connectivity index is 2.14. The lowest BCUT2D eigenvalue weighted by molar-refractivity contribution is 0.189. The molecule has 1 aromatic heterocycles. The summed E-state index contributed by atoms with van der Waals surface area (Å²) in [6.07, 6.45) is -0.807. The van der Waals surface area contributed by atoms with Gasteiger partial charge in [-0.1, -0.05) is 6.07 Å². The van der Waals surface area contributed by atoms with E-state index in [9.17, 15) is 9.50 Å². The molecule has 0 bridgehead atoms. The predicted molar refractivity (Wildman–Crippen MR) is 72.2 cm³/mol. The second kappa shape index (κ2) is 6.34. The molecule has 0 amide bonds. The molecule has 106 valence electrons. The van der Waals surface area contributed by atoms with Crippen LogP contribution in [-0.2, 0) is 6.61 Å². The van der Waals surface area contributed by atoms with E-state index in [2.05, 4.69) is 4.98 Å². The molecule has 0 aliphatic rings. The van der Waals surface area contributed by atoms with Crippen LogP contribution in [0.2, 0.25) is 0 Å². The molecule has 1 aromatic carbocycles. The van der Waals surface area contributed by atoms with Gasteiger partial charge in [-0.2, -0.15) is 0 Å². The number of aliphatic hydroxyl groups excluding tert-OH is 1. The zero-order chi connectivity index (χ0) is 14.5. The Kier molecular flexibility index (Phi) is 4.53. The highest BCUT2D eigenvalue weighted by atomic mass is 19.1. The predicted octanol–water partition coefficient (Wildman–Crippen LogP) is 2.86. The number of ether oxygens (including phenoxy) is 2. The summed E-state index contributed by atoms with van der Waals surface area (Å²) in [4.78, 5) is 4.21. The summed E-state index contributed by atoms with van der Waals surface area (Å²) in [5, 5.41) is 9.63. The van der Waals surface area contributed by atoms with Crippen molar-refractivity contribution in [2.75, 3.05) is 7.11 Å². The lowest BCUT2D eigenvalue weighted by Gasteiger charge is -2.13. The monoisotopic (exact) mass is 277 g/mol. The van der Waals surface area contributed by atoms with Crippen LogP contribution in [-0.4, -0.2) is 17.2 Å². The molecule has 0 aliphatic carbocycles. The van der Waals surface area contributed by atoms with E-state index in [1.54, 1.807) is 26.2 Å². The van der Waals surface area contributed by atoms with Gasteiger partial charge in [0, 0.05) is 11.6 Å². The Bertz CT molecular complexity index is 587. The molecular weight excluding hydrogens is 261 g/mol. The Morgan fingerprint density at radius 3 is 2.80 bits per heavy atom. The van der Waals surface area contributed by atoms with E-state index in [-0.39, 0.29) is 6.61 Å². The average Bonchev–Trinajstić information content (AvgIpc) is 2.46. The number of pyridine rings is 1. The second-order valence-corrected chi connectivity index (χ2v) is 4.32. The molecule has 2 aromatic rings. The van der Waals surface area contributed by atoms with Gasteiger partial charge in [0.05, 0.1) is 18.9 Å². The van der Waals surface area contributed by atoms with Crippen LogP contribution < -0.4 is 9.47 Å². The van der Waals surface area contributed by atoms with Crippen LogP contribution in [0.15, 0.2) is 36.4 Å². The Morgan fingerprint density at radius 2 is 2.10 bits per heavy atom. The molecule has 0 aliphatic heterocycles. The van der Waals surface area contributed by atoms with Crippen molar-refractivity contribution in [3.05, 3.63) is 53.5 Å². The first-order valence-corrected chi connectivity index (χ1v) is 6.20. The highest BCUT2D eigenvalue weighted by Gasteiger charge is 2.11. The molecule has 4 nitrogen and oxygen atoms in total. The van der Waals surface area contributed by atoms with E-state index in [4.69, 9.17) is 9.47 Å². The van der Waals surface area contributed by atoms with Gasteiger partial charge in [-0.05, 0) is 31.2 Å². The number of aromatic nitrogens is 1. The van der Waals surface area contributed by atoms with Crippen LogP contribution in [0.3, 0.4) is 0 Å². The fourth-order valence-corrected chi connectivity index (χ4v) is 1.78. The van der Waals surface area contributed by atoms with Crippen LogP contribution in [0.4, 0.5) is 4.39 Å². The van der Waals surface area contributed by atoms with Crippen molar-refractivity contribution < 1.29 is 19.0 Å². The van der Waals surface area contributed by atoms with Gasteiger partial charge >= 0.3 is 0 Å². The zero-order valence-electron chi connectivity index (χ0n) is 11.3. The minimum absolute atomic E-state index is 0.211. The maximum Gasteiger partial charge on any atom is 0.213 e. The minimum Gasteiger partial charge on any atom is -0.487 e. The van der Waals surface area contributed by atoms with E-state index in [1.807, 2.05) is 6.07 Å². The van der Waals surface area contributed by atoms with Crippen LogP contribution in [0.5, 0.6) is 11.6 Å². The molecule has 2 rings (SSSR count). The topological polar surface area (TPSA) is 51.6 Å². The van der Waals surface area contributed by atoms with Gasteiger partial charge in [0.2, 0.25) is 5.88 Å². The number of benzene rings is 1. The van der Waals surface area contributed by atoms with Crippen molar-refractivity contribution in [3.63, 3.8) is 0 Å². The first kappa shape index (κ1) is 14.3. The number of hydrogen-bond donors (Lipinski definition) is 1. The van der Waals surface area contributed by atoms with Gasteiger partial charge in [-0.15, -0.1) is 0 Å². The first-order valence-electron chi connectivity index (χ1n) is 6.20. The molecule has 0 spiro atoms. The third-order valence-electron chi connectivity index (χ3n) is 2.79. The fourth-order valence-electron chi connectivity index (χ4n) is 1.78. The summed E-state index contributed by atoms with van der Waals surface area (Å²) in [5.74, 6) is 0.528. The maximum atomic E-state index is 13.2. The van der Waals surface area contributed by atoms with Gasteiger partial charge < -0.3 is 14.6 Å². The molecule has 5 heteroatoms. The maximum absolute atomic E-state index is 13.2. The average molecular weight is 277 g/mol. The SMILES string of the molecule is COc1cccc(COc2ccc(F)cc2[C@H](C)O)n1. The molecule has 0 unspecified atom stereocenters. The van der Waals surface area contributed by atoms with Gasteiger partial charge in [-0.25, -0.2) is 9.37 Å². The number of halogens is 1. The second-order valence-electron chi connectivity index (χ2n) is 4.32. The van der Waals surface area contributed by atoms with Crippen molar-refractivity contribution >= 4 is 0 Å². The molecule has 0 saturated heterocycles. The van der Waals surface area contributed by atoms with Gasteiger partial charge in [0.25, 0.3) is 0 Å². The van der Waals surface area contributed by atoms with Crippen LogP contribution in [0.25, 0.3) is 0 Å². The fraction of sp³-hybridized carbons (Fsp3) is 0.267. The molecule has 1 N–H and O–H groups in total. The highest BCUT2D eigenvalue weighted by Crippen LogP contribution is 2.26. The van der Waals surface area contributed by atoms with Crippen molar-refractivity contribution in [2.45, 2.75) is 19.6 Å². The van der Waals surface area contributed by atoms with Crippen LogP contribution >= 0.6 is 0 Å². The third-order valence-corrected chi connectivity index (χ3v) is 2.79. The summed E-state index contributed by atoms with van der Waals surface area (Å²) in [6, 6.07) is 9.40. The summed E-state index contributed by atoms with van der Waals surface area (Å²) in [6.45, 7) is 1.77. The summed E-state index contributed by atoms with van der Waals surface area (Å²) in [7, 11) is 1.54. The van der Waals surface area contributed by atoms with Gasteiger partial charge in [0.15, 0.2) is 0 Å². The Hall–Kier alpha value is -2.14. The van der Waals surface area contributed by atoms with Crippen LogP contribution in [0.1, 0.15) is 24.3 Å². The number of rotatable bonds is 5. The number of methoxy groups -OCH3 is 1. The minimum atomic E-state index is -0.807. The molecule has 0 radical (unpaired) electrons. The van der Waals surface area contributed by atoms with Gasteiger partial charge in [-0.3, -0.25) is 0 Å². The Morgan fingerprint density at radius 1 is 1.30 bits per heavy atom. The highest BCUT2D eigenvalue weighted by molar-refractivity contribution is 5.35. The van der Waals surface area contributed by atoms with E-state index in [1.165, 1.54) is 18.2 Å². The molecule has 1 heterocycles. The van der Waals surface area contributed by atoms with Crippen molar-refractivity contribution in [1.29, 1.82) is 0 Å². The normalized spacial score (nSPS) is 12.0. The smallest absolute Gasteiger partial charge is 0.213 e. The number of nitrogens with zero attached hydrogens (tertiary/aromatic N) is 1. The van der Waals surface area contributed by atoms with Crippen molar-refractivity contribution in [3.8, 4) is 11.6 Å². The summed E-state index contributed by atoms with van der Waals surface area (Å²) >= 11 is 0. The van der Waals surface area contributed by atoms with Crippen molar-refractivity contribution in [1.82, 2.24) is 4.98 Å². The quantitative estimate of drug-likeness (QED) is 0.913. The van der Waals surface area contributed by atoms with Gasteiger partial charge in [0.1, 0.15) is 18.2 Å². The van der Waals surface area contributed by atoms with E-state index in [0.29, 0.717) is 22.9 Å². The molecular formula is C15H16FNO3. The molecule has 0 saturated carbocycles. The number of aliphatic hydroxyl groups is 1. The molecule has 1 atom stereocenters. The van der Waals surface area contributed by atoms with E-state index >= 15 is 0 Å². The van der Waals surface area contributed by atoms with E-state index < -0.39 is 11.9 Å².